The molecule has 1 aliphatic carbocycles. The summed E-state index contributed by atoms with van der Waals surface area (Å²) < 4.78 is 0. The van der Waals surface area contributed by atoms with E-state index in [9.17, 15) is 4.79 Å². The number of halogens is 1. The van der Waals surface area contributed by atoms with Crippen LogP contribution in [0.4, 0.5) is 0 Å². The van der Waals surface area contributed by atoms with Crippen LogP contribution in [0, 0.1) is 11.3 Å². The second kappa shape index (κ2) is 4.76. The van der Waals surface area contributed by atoms with Gasteiger partial charge in [-0.3, -0.25) is 9.78 Å². The maximum Gasteiger partial charge on any atom is 0.269 e. The van der Waals surface area contributed by atoms with Crippen molar-refractivity contribution in [1.82, 2.24) is 15.2 Å². The lowest BCUT2D eigenvalue weighted by Crippen LogP contribution is -2.61. The molecule has 2 aliphatic rings. The van der Waals surface area contributed by atoms with Crippen molar-refractivity contribution in [1.29, 1.82) is 0 Å². The van der Waals surface area contributed by atoms with Crippen LogP contribution in [0.1, 0.15) is 23.3 Å². The van der Waals surface area contributed by atoms with Gasteiger partial charge in [-0.2, -0.15) is 0 Å². The summed E-state index contributed by atoms with van der Waals surface area (Å²) in [6.07, 6.45) is 4.03. The molecule has 1 aromatic heterocycles. The summed E-state index contributed by atoms with van der Waals surface area (Å²) >= 11 is 5.84. The van der Waals surface area contributed by atoms with Crippen LogP contribution in [-0.2, 0) is 0 Å². The minimum Gasteiger partial charge on any atom is -0.350 e. The highest BCUT2D eigenvalue weighted by atomic mass is 35.5. The van der Waals surface area contributed by atoms with Gasteiger partial charge in [0.25, 0.3) is 5.91 Å². The molecule has 1 aromatic rings. The van der Waals surface area contributed by atoms with Crippen LogP contribution in [0.2, 0.25) is 5.02 Å². The van der Waals surface area contributed by atoms with E-state index >= 15 is 0 Å². The first kappa shape index (κ1) is 12.9. The summed E-state index contributed by atoms with van der Waals surface area (Å²) in [5, 5.41) is 3.49. The van der Waals surface area contributed by atoms with Crippen LogP contribution < -0.4 is 5.32 Å². The first-order chi connectivity index (χ1) is 9.06. The molecule has 0 aromatic carbocycles. The second-order valence-electron chi connectivity index (χ2n) is 6.02. The van der Waals surface area contributed by atoms with Gasteiger partial charge >= 0.3 is 0 Å². The predicted molar refractivity (Wildman–Crippen MR) is 74.2 cm³/mol. The smallest absolute Gasteiger partial charge is 0.269 e. The SMILES string of the molecule is CN1CC2(CC(CNC(=O)c3cc(Cl)ccn3)C2)C1. The van der Waals surface area contributed by atoms with Gasteiger partial charge in [-0.1, -0.05) is 11.6 Å². The van der Waals surface area contributed by atoms with E-state index in [-0.39, 0.29) is 5.91 Å². The summed E-state index contributed by atoms with van der Waals surface area (Å²) in [4.78, 5) is 18.3. The second-order valence-corrected chi connectivity index (χ2v) is 6.45. The van der Waals surface area contributed by atoms with Crippen LogP contribution in [0.15, 0.2) is 18.3 Å². The number of hydrogen-bond acceptors (Lipinski definition) is 3. The number of hydrogen-bond donors (Lipinski definition) is 1. The highest BCUT2D eigenvalue weighted by Gasteiger charge is 2.50. The molecule has 5 heteroatoms. The number of carbonyl (C=O) groups excluding carboxylic acids is 1. The molecule has 0 bridgehead atoms. The van der Waals surface area contributed by atoms with Gasteiger partial charge in [0, 0.05) is 30.9 Å². The maximum absolute atomic E-state index is 11.9. The quantitative estimate of drug-likeness (QED) is 0.918. The minimum atomic E-state index is -0.130. The summed E-state index contributed by atoms with van der Waals surface area (Å²) in [6, 6.07) is 3.27. The van der Waals surface area contributed by atoms with E-state index in [0.29, 0.717) is 22.0 Å². The van der Waals surface area contributed by atoms with E-state index in [1.54, 1.807) is 18.3 Å². The lowest BCUT2D eigenvalue weighted by atomic mass is 9.58. The van der Waals surface area contributed by atoms with Gasteiger partial charge < -0.3 is 10.2 Å². The summed E-state index contributed by atoms with van der Waals surface area (Å²) in [7, 11) is 2.16. The Balaban J connectivity index is 1.45. The third kappa shape index (κ3) is 2.60. The number of nitrogens with one attached hydrogen (secondary N) is 1. The average Bonchev–Trinajstić information content (AvgIpc) is 2.30. The monoisotopic (exact) mass is 279 g/mol. The molecular formula is C14H18ClN3O. The number of carbonyl (C=O) groups is 1. The average molecular weight is 280 g/mol. The Bertz CT molecular complexity index is 491. The Morgan fingerprint density at radius 2 is 2.32 bits per heavy atom. The fourth-order valence-corrected chi connectivity index (χ4v) is 3.68. The first-order valence-corrected chi connectivity index (χ1v) is 7.02. The van der Waals surface area contributed by atoms with Gasteiger partial charge in [0.1, 0.15) is 5.69 Å². The van der Waals surface area contributed by atoms with Crippen molar-refractivity contribution in [3.8, 4) is 0 Å². The minimum absolute atomic E-state index is 0.130. The van der Waals surface area contributed by atoms with E-state index in [1.807, 2.05) is 0 Å². The first-order valence-electron chi connectivity index (χ1n) is 6.65. The summed E-state index contributed by atoms with van der Waals surface area (Å²) in [6.45, 7) is 3.18. The third-order valence-corrected chi connectivity index (χ3v) is 4.40. The zero-order valence-corrected chi connectivity index (χ0v) is 11.8. The molecule has 2 fully saturated rings. The molecule has 4 nitrogen and oxygen atoms in total. The van der Waals surface area contributed by atoms with Crippen molar-refractivity contribution < 1.29 is 4.79 Å². The zero-order valence-electron chi connectivity index (χ0n) is 11.0. The van der Waals surface area contributed by atoms with Crippen LogP contribution in [0.3, 0.4) is 0 Å². The fourth-order valence-electron chi connectivity index (χ4n) is 3.52. The molecule has 2 heterocycles. The molecule has 3 rings (SSSR count). The van der Waals surface area contributed by atoms with Crippen molar-refractivity contribution in [2.75, 3.05) is 26.7 Å². The molecule has 102 valence electrons. The highest BCUT2D eigenvalue weighted by Crippen LogP contribution is 2.50. The molecule has 0 radical (unpaired) electrons. The van der Waals surface area contributed by atoms with Crippen molar-refractivity contribution in [2.24, 2.45) is 11.3 Å². The van der Waals surface area contributed by atoms with E-state index in [0.717, 1.165) is 6.54 Å². The Hall–Kier alpha value is -1.13. The number of aromatic nitrogens is 1. The molecule has 1 saturated carbocycles. The van der Waals surface area contributed by atoms with Crippen LogP contribution in [0.25, 0.3) is 0 Å². The van der Waals surface area contributed by atoms with Gasteiger partial charge in [-0.25, -0.2) is 0 Å². The Morgan fingerprint density at radius 3 is 2.95 bits per heavy atom. The largest absolute Gasteiger partial charge is 0.350 e. The zero-order chi connectivity index (χ0) is 13.5. The summed E-state index contributed by atoms with van der Waals surface area (Å²) in [5.74, 6) is 0.492. The van der Waals surface area contributed by atoms with Gasteiger partial charge in [-0.05, 0) is 43.4 Å². The van der Waals surface area contributed by atoms with E-state index in [4.69, 9.17) is 11.6 Å². The highest BCUT2D eigenvalue weighted by molar-refractivity contribution is 6.30. The Labute approximate surface area is 118 Å². The molecule has 0 unspecified atom stereocenters. The third-order valence-electron chi connectivity index (χ3n) is 4.16. The number of rotatable bonds is 3. The van der Waals surface area contributed by atoms with E-state index in [2.05, 4.69) is 22.2 Å². The van der Waals surface area contributed by atoms with Crippen molar-refractivity contribution in [3.63, 3.8) is 0 Å². The van der Waals surface area contributed by atoms with E-state index in [1.165, 1.54) is 25.9 Å². The lowest BCUT2D eigenvalue weighted by Gasteiger charge is -2.58. The molecule has 19 heavy (non-hydrogen) atoms. The molecule has 1 N–H and O–H groups in total. The number of nitrogens with zero attached hydrogens (tertiary/aromatic N) is 2. The van der Waals surface area contributed by atoms with Gasteiger partial charge in [0.15, 0.2) is 0 Å². The molecule has 1 amide bonds. The number of pyridine rings is 1. The molecular weight excluding hydrogens is 262 g/mol. The van der Waals surface area contributed by atoms with Gasteiger partial charge in [0.2, 0.25) is 0 Å². The number of likely N-dealkylation sites (tertiary alicyclic amines) is 1. The van der Waals surface area contributed by atoms with Crippen LogP contribution in [0.5, 0.6) is 0 Å². The van der Waals surface area contributed by atoms with Gasteiger partial charge in [-0.15, -0.1) is 0 Å². The van der Waals surface area contributed by atoms with Crippen LogP contribution >= 0.6 is 11.6 Å². The fraction of sp³-hybridized carbons (Fsp3) is 0.571. The molecule has 1 spiro atoms. The lowest BCUT2D eigenvalue weighted by molar-refractivity contribution is -0.0799. The van der Waals surface area contributed by atoms with Gasteiger partial charge in [0.05, 0.1) is 0 Å². The van der Waals surface area contributed by atoms with Crippen molar-refractivity contribution in [2.45, 2.75) is 12.8 Å². The predicted octanol–water partition coefficient (Wildman–Crippen LogP) is 1.81. The topological polar surface area (TPSA) is 45.2 Å². The standard InChI is InChI=1S/C14H18ClN3O/c1-18-8-14(9-18)5-10(6-14)7-17-13(19)12-4-11(15)2-3-16-12/h2-4,10H,5-9H2,1H3,(H,17,19). The van der Waals surface area contributed by atoms with Crippen molar-refractivity contribution in [3.05, 3.63) is 29.0 Å². The molecule has 0 atom stereocenters. The maximum atomic E-state index is 11.9. The Morgan fingerprint density at radius 1 is 1.58 bits per heavy atom. The van der Waals surface area contributed by atoms with Crippen molar-refractivity contribution >= 4 is 17.5 Å². The van der Waals surface area contributed by atoms with E-state index < -0.39 is 0 Å². The molecule has 1 aliphatic heterocycles. The summed E-state index contributed by atoms with van der Waals surface area (Å²) in [5.41, 5.74) is 0.961. The van der Waals surface area contributed by atoms with Crippen LogP contribution in [-0.4, -0.2) is 42.5 Å². The normalized spacial score (nSPS) is 21.8. The number of amides is 1. The molecule has 1 saturated heterocycles. The Kier molecular flexibility index (Phi) is 3.23.